The number of rotatable bonds is 2. The first kappa shape index (κ1) is 14.3. The van der Waals surface area contributed by atoms with Crippen molar-refractivity contribution in [2.45, 2.75) is 31.4 Å². The zero-order valence-electron chi connectivity index (χ0n) is 11.8. The Labute approximate surface area is 127 Å². The Morgan fingerprint density at radius 3 is 2.86 bits per heavy atom. The Kier molecular flexibility index (Phi) is 3.80. The number of para-hydroxylation sites is 2. The highest BCUT2D eigenvalue weighted by Gasteiger charge is 2.47. The molecule has 2 heterocycles. The summed E-state index contributed by atoms with van der Waals surface area (Å²) in [6.45, 7) is 1.52. The SMILES string of the molecule is CC1(C(=O)NC2CCSCC2)Oc2ccccc2NC1=O. The lowest BCUT2D eigenvalue weighted by atomic mass is 10.0. The van der Waals surface area contributed by atoms with E-state index in [1.807, 2.05) is 23.9 Å². The van der Waals surface area contributed by atoms with Crippen LogP contribution in [0.25, 0.3) is 0 Å². The van der Waals surface area contributed by atoms with Gasteiger partial charge in [0, 0.05) is 6.04 Å². The van der Waals surface area contributed by atoms with Gasteiger partial charge in [-0.25, -0.2) is 0 Å². The lowest BCUT2D eigenvalue weighted by Gasteiger charge is -2.35. The van der Waals surface area contributed by atoms with Crippen molar-refractivity contribution < 1.29 is 14.3 Å². The monoisotopic (exact) mass is 306 g/mol. The first-order valence-electron chi connectivity index (χ1n) is 7.08. The van der Waals surface area contributed by atoms with Gasteiger partial charge in [-0.1, -0.05) is 12.1 Å². The molecule has 112 valence electrons. The van der Waals surface area contributed by atoms with Gasteiger partial charge in [0.15, 0.2) is 0 Å². The first-order valence-corrected chi connectivity index (χ1v) is 8.23. The first-order chi connectivity index (χ1) is 10.1. The second-order valence-electron chi connectivity index (χ2n) is 5.45. The van der Waals surface area contributed by atoms with E-state index in [-0.39, 0.29) is 11.9 Å². The Bertz CT molecular complexity index is 572. The minimum atomic E-state index is -1.51. The highest BCUT2D eigenvalue weighted by Crippen LogP contribution is 2.33. The van der Waals surface area contributed by atoms with E-state index in [1.165, 1.54) is 6.92 Å². The van der Waals surface area contributed by atoms with E-state index in [0.29, 0.717) is 11.4 Å². The summed E-state index contributed by atoms with van der Waals surface area (Å²) in [6, 6.07) is 7.25. The summed E-state index contributed by atoms with van der Waals surface area (Å²) in [5.74, 6) is 1.80. The van der Waals surface area contributed by atoms with Gasteiger partial charge in [-0.15, -0.1) is 0 Å². The number of ether oxygens (including phenoxy) is 1. The third-order valence-corrected chi connectivity index (χ3v) is 4.92. The maximum absolute atomic E-state index is 12.5. The molecule has 1 atom stereocenters. The van der Waals surface area contributed by atoms with Gasteiger partial charge in [0.05, 0.1) is 5.69 Å². The molecule has 2 amide bonds. The fourth-order valence-corrected chi connectivity index (χ4v) is 3.59. The van der Waals surface area contributed by atoms with Crippen molar-refractivity contribution in [1.82, 2.24) is 5.32 Å². The van der Waals surface area contributed by atoms with Crippen LogP contribution in [0.5, 0.6) is 5.75 Å². The summed E-state index contributed by atoms with van der Waals surface area (Å²) in [7, 11) is 0. The van der Waals surface area contributed by atoms with E-state index in [2.05, 4.69) is 10.6 Å². The van der Waals surface area contributed by atoms with E-state index in [4.69, 9.17) is 4.74 Å². The molecule has 1 unspecified atom stereocenters. The zero-order chi connectivity index (χ0) is 14.9. The maximum Gasteiger partial charge on any atom is 0.278 e. The van der Waals surface area contributed by atoms with Crippen molar-refractivity contribution >= 4 is 29.3 Å². The second kappa shape index (κ2) is 5.60. The van der Waals surface area contributed by atoms with Crippen LogP contribution in [0.4, 0.5) is 5.69 Å². The molecule has 1 aromatic rings. The van der Waals surface area contributed by atoms with Gasteiger partial charge < -0.3 is 15.4 Å². The summed E-state index contributed by atoms with van der Waals surface area (Å²) in [6.07, 6.45) is 1.87. The number of carbonyl (C=O) groups is 2. The molecule has 21 heavy (non-hydrogen) atoms. The van der Waals surface area contributed by atoms with Crippen molar-refractivity contribution in [3.63, 3.8) is 0 Å². The van der Waals surface area contributed by atoms with Crippen LogP contribution >= 0.6 is 11.8 Å². The largest absolute Gasteiger partial charge is 0.466 e. The number of hydrogen-bond acceptors (Lipinski definition) is 4. The van der Waals surface area contributed by atoms with Gasteiger partial charge in [-0.05, 0) is 43.4 Å². The number of fused-ring (bicyclic) bond motifs is 1. The van der Waals surface area contributed by atoms with Crippen molar-refractivity contribution in [1.29, 1.82) is 0 Å². The predicted octanol–water partition coefficient (Wildman–Crippen LogP) is 1.79. The molecule has 1 saturated heterocycles. The van der Waals surface area contributed by atoms with Crippen molar-refractivity contribution in [2.75, 3.05) is 16.8 Å². The summed E-state index contributed by atoms with van der Waals surface area (Å²) in [5.41, 5.74) is -0.916. The van der Waals surface area contributed by atoms with Crippen LogP contribution in [0.1, 0.15) is 19.8 Å². The molecule has 0 aliphatic carbocycles. The van der Waals surface area contributed by atoms with Crippen molar-refractivity contribution in [3.8, 4) is 5.75 Å². The quantitative estimate of drug-likeness (QED) is 0.818. The van der Waals surface area contributed by atoms with E-state index in [0.717, 1.165) is 24.3 Å². The summed E-state index contributed by atoms with van der Waals surface area (Å²) in [4.78, 5) is 24.8. The lowest BCUT2D eigenvalue weighted by molar-refractivity contribution is -0.147. The molecular weight excluding hydrogens is 288 g/mol. The van der Waals surface area contributed by atoms with Gasteiger partial charge in [0.1, 0.15) is 5.75 Å². The zero-order valence-corrected chi connectivity index (χ0v) is 12.7. The number of carbonyl (C=O) groups excluding carboxylic acids is 2. The average molecular weight is 306 g/mol. The molecule has 0 saturated carbocycles. The van der Waals surface area contributed by atoms with Crippen LogP contribution in [0.3, 0.4) is 0 Å². The van der Waals surface area contributed by atoms with Gasteiger partial charge in [0.2, 0.25) is 0 Å². The average Bonchev–Trinajstić information content (AvgIpc) is 2.49. The molecule has 2 N–H and O–H groups in total. The third-order valence-electron chi connectivity index (χ3n) is 3.87. The van der Waals surface area contributed by atoms with Crippen LogP contribution in [0.15, 0.2) is 24.3 Å². The van der Waals surface area contributed by atoms with E-state index in [9.17, 15) is 9.59 Å². The molecule has 0 aromatic heterocycles. The van der Waals surface area contributed by atoms with Crippen molar-refractivity contribution in [3.05, 3.63) is 24.3 Å². The van der Waals surface area contributed by atoms with Gasteiger partial charge in [-0.3, -0.25) is 9.59 Å². The molecule has 2 aliphatic heterocycles. The topological polar surface area (TPSA) is 67.4 Å². The molecule has 3 rings (SSSR count). The van der Waals surface area contributed by atoms with Gasteiger partial charge in [-0.2, -0.15) is 11.8 Å². The number of thioether (sulfide) groups is 1. The van der Waals surface area contributed by atoms with Gasteiger partial charge in [0.25, 0.3) is 17.4 Å². The van der Waals surface area contributed by atoms with Crippen LogP contribution in [-0.2, 0) is 9.59 Å². The molecule has 2 aliphatic rings. The lowest BCUT2D eigenvalue weighted by Crippen LogP contribution is -2.60. The number of hydrogen-bond donors (Lipinski definition) is 2. The minimum Gasteiger partial charge on any atom is -0.466 e. The van der Waals surface area contributed by atoms with Crippen LogP contribution in [0, 0.1) is 0 Å². The number of benzene rings is 1. The van der Waals surface area contributed by atoms with E-state index >= 15 is 0 Å². The number of anilines is 1. The second-order valence-corrected chi connectivity index (χ2v) is 6.67. The Morgan fingerprint density at radius 2 is 2.10 bits per heavy atom. The Hall–Kier alpha value is -1.69. The van der Waals surface area contributed by atoms with E-state index in [1.54, 1.807) is 12.1 Å². The summed E-state index contributed by atoms with van der Waals surface area (Å²) >= 11 is 1.89. The van der Waals surface area contributed by atoms with Crippen molar-refractivity contribution in [2.24, 2.45) is 0 Å². The predicted molar refractivity (Wildman–Crippen MR) is 82.6 cm³/mol. The van der Waals surface area contributed by atoms with E-state index < -0.39 is 11.5 Å². The molecular formula is C15H18N2O3S. The molecule has 0 bridgehead atoms. The molecule has 1 fully saturated rings. The highest BCUT2D eigenvalue weighted by molar-refractivity contribution is 7.99. The molecule has 0 spiro atoms. The Balaban J connectivity index is 1.76. The summed E-state index contributed by atoms with van der Waals surface area (Å²) in [5, 5.41) is 5.69. The summed E-state index contributed by atoms with van der Waals surface area (Å²) < 4.78 is 5.71. The van der Waals surface area contributed by atoms with Crippen LogP contribution < -0.4 is 15.4 Å². The fraction of sp³-hybridized carbons (Fsp3) is 0.467. The minimum absolute atomic E-state index is 0.129. The normalized spacial score (nSPS) is 25.5. The number of nitrogens with one attached hydrogen (secondary N) is 2. The van der Waals surface area contributed by atoms with Crippen LogP contribution in [0.2, 0.25) is 0 Å². The third kappa shape index (κ3) is 2.72. The van der Waals surface area contributed by atoms with Gasteiger partial charge >= 0.3 is 0 Å². The maximum atomic E-state index is 12.5. The standard InChI is InChI=1S/C15H18N2O3S/c1-15(13(18)16-10-6-8-21-9-7-10)14(19)17-11-4-2-3-5-12(11)20-15/h2-5,10H,6-9H2,1H3,(H,16,18)(H,17,19). The molecule has 5 nitrogen and oxygen atoms in total. The highest BCUT2D eigenvalue weighted by atomic mass is 32.2. The smallest absolute Gasteiger partial charge is 0.278 e. The number of amides is 2. The molecule has 0 radical (unpaired) electrons. The Morgan fingerprint density at radius 1 is 1.38 bits per heavy atom. The fourth-order valence-electron chi connectivity index (χ4n) is 2.48. The van der Waals surface area contributed by atoms with Crippen LogP contribution in [-0.4, -0.2) is 35.0 Å². The molecule has 1 aromatic carbocycles. The molecule has 6 heteroatoms.